The number of methoxy groups -OCH3 is 1. The Morgan fingerprint density at radius 2 is 1.79 bits per heavy atom. The molecule has 1 spiro atoms. The fourth-order valence-corrected chi connectivity index (χ4v) is 5.77. The molecule has 252 valence electrons. The number of aliphatic hydroxyl groups is 3. The molecule has 15 nitrogen and oxygen atoms in total. The van der Waals surface area contributed by atoms with Gasteiger partial charge in [0.05, 0.1) is 30.4 Å². The highest BCUT2D eigenvalue weighted by Gasteiger charge is 2.60. The summed E-state index contributed by atoms with van der Waals surface area (Å²) in [7, 11) is 1.18. The van der Waals surface area contributed by atoms with Crippen LogP contribution in [0.4, 0.5) is 0 Å². The molecule has 3 aliphatic heterocycles. The van der Waals surface area contributed by atoms with Crippen LogP contribution in [0, 0.1) is 11.8 Å². The molecule has 47 heavy (non-hydrogen) atoms. The number of aliphatic hydroxyl groups excluding tert-OH is 3. The van der Waals surface area contributed by atoms with E-state index < -0.39 is 91.0 Å². The van der Waals surface area contributed by atoms with Crippen LogP contribution in [0.3, 0.4) is 0 Å². The Hall–Kier alpha value is -4.54. The maximum atomic E-state index is 13.2. The molecular formula is C32H34O15. The van der Waals surface area contributed by atoms with E-state index in [1.54, 1.807) is 18.2 Å². The van der Waals surface area contributed by atoms with Gasteiger partial charge in [0, 0.05) is 18.9 Å². The number of aromatic hydroxyl groups is 1. The van der Waals surface area contributed by atoms with Crippen LogP contribution >= 0.6 is 0 Å². The van der Waals surface area contributed by atoms with Gasteiger partial charge in [-0.15, -0.1) is 0 Å². The zero-order valence-corrected chi connectivity index (χ0v) is 25.5. The number of carbonyl (C=O) groups excluding carboxylic acids is 4. The molecule has 10 atom stereocenters. The fraction of sp³-hybridized carbons (Fsp3) is 0.438. The molecule has 0 amide bonds. The van der Waals surface area contributed by atoms with Crippen LogP contribution < -0.4 is 0 Å². The molecule has 0 unspecified atom stereocenters. The van der Waals surface area contributed by atoms with Crippen molar-refractivity contribution in [3.63, 3.8) is 0 Å². The van der Waals surface area contributed by atoms with Gasteiger partial charge in [0.2, 0.25) is 6.29 Å². The molecule has 0 bridgehead atoms. The lowest BCUT2D eigenvalue weighted by molar-refractivity contribution is -0.344. The molecule has 4 aliphatic rings. The van der Waals surface area contributed by atoms with Gasteiger partial charge in [-0.2, -0.15) is 0 Å². The van der Waals surface area contributed by atoms with Gasteiger partial charge >= 0.3 is 23.9 Å². The summed E-state index contributed by atoms with van der Waals surface area (Å²) in [4.78, 5) is 49.7. The fourth-order valence-electron chi connectivity index (χ4n) is 5.77. The zero-order valence-electron chi connectivity index (χ0n) is 25.5. The van der Waals surface area contributed by atoms with Gasteiger partial charge in [-0.05, 0) is 42.8 Å². The summed E-state index contributed by atoms with van der Waals surface area (Å²) in [5.41, 5.74) is -0.913. The number of rotatable bonds is 9. The van der Waals surface area contributed by atoms with E-state index in [0.717, 1.165) is 19.3 Å². The summed E-state index contributed by atoms with van der Waals surface area (Å²) in [6.07, 6.45) is -2.29. The molecule has 0 radical (unpaired) electrons. The van der Waals surface area contributed by atoms with Crippen molar-refractivity contribution in [3.8, 4) is 5.75 Å². The molecule has 0 aromatic heterocycles. The molecule has 1 fully saturated rings. The number of esters is 4. The molecule has 15 heteroatoms. The highest BCUT2D eigenvalue weighted by molar-refractivity contribution is 5.95. The lowest BCUT2D eigenvalue weighted by Gasteiger charge is -2.44. The van der Waals surface area contributed by atoms with Crippen molar-refractivity contribution >= 4 is 30.0 Å². The lowest BCUT2D eigenvalue weighted by Crippen LogP contribution is -2.61. The first kappa shape index (κ1) is 33.8. The number of allylic oxidation sites excluding steroid dienone is 1. The highest BCUT2D eigenvalue weighted by Crippen LogP contribution is 2.51. The second-order valence-corrected chi connectivity index (χ2v) is 11.3. The summed E-state index contributed by atoms with van der Waals surface area (Å²) < 4.78 is 38.4. The molecule has 4 N–H and O–H groups in total. The van der Waals surface area contributed by atoms with Gasteiger partial charge in [0.25, 0.3) is 0 Å². The lowest BCUT2D eigenvalue weighted by atomic mass is 9.78. The minimum Gasteiger partial charge on any atom is -0.508 e. The molecule has 5 rings (SSSR count). The van der Waals surface area contributed by atoms with Crippen LogP contribution in [0.15, 0.2) is 66.0 Å². The van der Waals surface area contributed by atoms with Crippen molar-refractivity contribution in [1.82, 2.24) is 0 Å². The van der Waals surface area contributed by atoms with Crippen LogP contribution in [-0.4, -0.2) is 107 Å². The Labute approximate surface area is 268 Å². The van der Waals surface area contributed by atoms with Crippen LogP contribution in [0.5, 0.6) is 5.75 Å². The average molecular weight is 659 g/mol. The normalized spacial score (nSPS) is 33.4. The Morgan fingerprint density at radius 1 is 1.06 bits per heavy atom. The van der Waals surface area contributed by atoms with Crippen LogP contribution in [0.25, 0.3) is 6.08 Å². The zero-order chi connectivity index (χ0) is 34.0. The van der Waals surface area contributed by atoms with E-state index in [0.29, 0.717) is 5.56 Å². The number of carbonyl (C=O) groups is 4. The van der Waals surface area contributed by atoms with Gasteiger partial charge in [-0.25, -0.2) is 14.4 Å². The van der Waals surface area contributed by atoms with Crippen molar-refractivity contribution in [1.29, 1.82) is 0 Å². The van der Waals surface area contributed by atoms with E-state index in [-0.39, 0.29) is 16.9 Å². The number of phenols is 1. The van der Waals surface area contributed by atoms with E-state index in [1.165, 1.54) is 44.4 Å². The second kappa shape index (κ2) is 13.7. The maximum Gasteiger partial charge on any atom is 0.338 e. The predicted molar refractivity (Wildman–Crippen MR) is 155 cm³/mol. The summed E-state index contributed by atoms with van der Waals surface area (Å²) in [5, 5.41) is 41.0. The van der Waals surface area contributed by atoms with Crippen LogP contribution in [0.1, 0.15) is 19.4 Å². The van der Waals surface area contributed by atoms with Gasteiger partial charge in [0.1, 0.15) is 42.9 Å². The maximum absolute atomic E-state index is 13.2. The summed E-state index contributed by atoms with van der Waals surface area (Å²) in [5.74, 6) is -4.74. The smallest absolute Gasteiger partial charge is 0.338 e. The van der Waals surface area contributed by atoms with Gasteiger partial charge in [-0.3, -0.25) is 4.79 Å². The van der Waals surface area contributed by atoms with Crippen molar-refractivity contribution in [2.24, 2.45) is 11.8 Å². The Balaban J connectivity index is 1.38. The minimum absolute atomic E-state index is 0.0106. The van der Waals surface area contributed by atoms with E-state index in [1.807, 2.05) is 0 Å². The minimum atomic E-state index is -1.79. The Kier molecular flexibility index (Phi) is 9.84. The third kappa shape index (κ3) is 6.94. The standard InChI is InChI=1S/C32H34O15/c1-15(44-23(35)9-6-17-4-7-18(34)8-5-17)20-12-32(47-29(20)40)11-10-19-21(28(39)41-3)13-43-30(24(19)32)46-31-27(38)26(37)25(36)22(45-31)14-42-16(2)33/h4-13,15,19,22,24-27,30-31,34,36-38H,14H2,1-3H3/b9-6+/t15-,19+,22+,24+,25+,26-,27+,30-,31-,32+/m0/s1. The highest BCUT2D eigenvalue weighted by atomic mass is 16.8. The SMILES string of the molecule is COC(=O)C1=CO[C@@H](O[C@@H]2O[C@H](COC(C)=O)[C@@H](O)[C@H](O)[C@H]2O)[C@H]2[C@@H]1C=C[C@@]21C=C([C@H](C)OC(=O)/C=C/c2ccc(O)cc2)C(=O)O1. The molecule has 1 aromatic rings. The number of benzene rings is 1. The molecule has 3 heterocycles. The van der Waals surface area contributed by atoms with Gasteiger partial charge in [0.15, 0.2) is 11.9 Å². The van der Waals surface area contributed by atoms with Crippen molar-refractivity contribution in [2.75, 3.05) is 13.7 Å². The second-order valence-electron chi connectivity index (χ2n) is 11.3. The monoisotopic (exact) mass is 658 g/mol. The number of phenolic OH excluding ortho intramolecular Hbond substituents is 1. The summed E-state index contributed by atoms with van der Waals surface area (Å²) in [6, 6.07) is 6.09. The Morgan fingerprint density at radius 3 is 2.47 bits per heavy atom. The first-order valence-corrected chi connectivity index (χ1v) is 14.6. The molecule has 1 aromatic carbocycles. The topological polar surface area (TPSA) is 214 Å². The quantitative estimate of drug-likeness (QED) is 0.120. The van der Waals surface area contributed by atoms with Crippen molar-refractivity contribution in [2.45, 2.75) is 62.5 Å². The van der Waals surface area contributed by atoms with Gasteiger partial charge in [-0.1, -0.05) is 18.2 Å². The van der Waals surface area contributed by atoms with Crippen LogP contribution in [-0.2, 0) is 52.3 Å². The van der Waals surface area contributed by atoms with E-state index >= 15 is 0 Å². The first-order valence-electron chi connectivity index (χ1n) is 14.6. The number of ether oxygens (including phenoxy) is 7. The predicted octanol–water partition coefficient (Wildman–Crippen LogP) is 0.162. The summed E-state index contributed by atoms with van der Waals surface area (Å²) >= 11 is 0. The van der Waals surface area contributed by atoms with E-state index in [9.17, 15) is 39.6 Å². The number of fused-ring (bicyclic) bond motifs is 2. The largest absolute Gasteiger partial charge is 0.508 e. The molecule has 1 aliphatic carbocycles. The van der Waals surface area contributed by atoms with E-state index in [2.05, 4.69) is 0 Å². The number of hydrogen-bond donors (Lipinski definition) is 4. The van der Waals surface area contributed by atoms with E-state index in [4.69, 9.17) is 33.2 Å². The molecular weight excluding hydrogens is 624 g/mol. The third-order valence-electron chi connectivity index (χ3n) is 8.18. The molecule has 1 saturated heterocycles. The van der Waals surface area contributed by atoms with Crippen molar-refractivity contribution in [3.05, 3.63) is 71.5 Å². The molecule has 0 saturated carbocycles. The van der Waals surface area contributed by atoms with Crippen molar-refractivity contribution < 1.29 is 72.8 Å². The third-order valence-corrected chi connectivity index (χ3v) is 8.18. The van der Waals surface area contributed by atoms with Gasteiger partial charge < -0.3 is 53.6 Å². The number of hydrogen-bond acceptors (Lipinski definition) is 15. The first-order chi connectivity index (χ1) is 22.3. The average Bonchev–Trinajstić information content (AvgIpc) is 3.59. The van der Waals surface area contributed by atoms with Crippen LogP contribution in [0.2, 0.25) is 0 Å². The Bertz CT molecular complexity index is 1510. The summed E-state index contributed by atoms with van der Waals surface area (Å²) in [6.45, 7) is 2.16.